The Morgan fingerprint density at radius 3 is 1.98 bits per heavy atom. The van der Waals surface area contributed by atoms with Gasteiger partial charge in [0.05, 0.1) is 12.0 Å². The molecule has 3 aromatic heterocycles. The molecule has 0 saturated heterocycles. The molecule has 0 unspecified atom stereocenters. The van der Waals surface area contributed by atoms with E-state index in [-0.39, 0.29) is 0 Å². The van der Waals surface area contributed by atoms with Gasteiger partial charge in [-0.2, -0.15) is 0 Å². The zero-order valence-corrected chi connectivity index (χ0v) is 30.0. The molecule has 0 spiro atoms. The lowest BCUT2D eigenvalue weighted by Crippen LogP contribution is -2.36. The van der Waals surface area contributed by atoms with Crippen LogP contribution in [0, 0.1) is 0 Å². The number of hydrogen-bond donors (Lipinski definition) is 1. The van der Waals surface area contributed by atoms with Crippen LogP contribution in [0.5, 0.6) is 0 Å². The average molecular weight is 732 g/mol. The van der Waals surface area contributed by atoms with E-state index >= 15 is 0 Å². The second-order valence-corrected chi connectivity index (χ2v) is 14.0. The van der Waals surface area contributed by atoms with E-state index in [1.807, 2.05) is 6.33 Å². The highest BCUT2D eigenvalue weighted by Crippen LogP contribution is 2.40. The number of fused-ring (bicyclic) bond motifs is 1. The molecule has 252 valence electrons. The number of hydrogen-bond acceptors (Lipinski definition) is 3. The summed E-state index contributed by atoms with van der Waals surface area (Å²) in [6, 6.07) is 49.2. The molecule has 0 bridgehead atoms. The molecule has 0 saturated carbocycles. The van der Waals surface area contributed by atoms with E-state index in [4.69, 9.17) is 15.2 Å². The number of aryl methyl sites for hydroxylation is 3. The van der Waals surface area contributed by atoms with Crippen LogP contribution in [0.3, 0.4) is 0 Å². The number of para-hydroxylation sites is 1. The number of nitrogens with zero attached hydrogens (tertiary/aromatic N) is 5. The molecule has 7 heteroatoms. The van der Waals surface area contributed by atoms with E-state index in [1.165, 1.54) is 38.7 Å². The molecule has 8 aromatic rings. The maximum absolute atomic E-state index is 5.01. The zero-order valence-electron chi connectivity index (χ0n) is 28.4. The summed E-state index contributed by atoms with van der Waals surface area (Å²) < 4.78 is 5.71. The molecule has 1 N–H and O–H groups in total. The minimum atomic E-state index is -0.573. The van der Waals surface area contributed by atoms with Gasteiger partial charge < -0.3 is 14.1 Å². The first kappa shape index (κ1) is 32.7. The van der Waals surface area contributed by atoms with Crippen molar-refractivity contribution in [2.24, 2.45) is 0 Å². The molecule has 8 rings (SSSR count). The fraction of sp³-hybridized carbons (Fsp3) is 0.159. The second kappa shape index (κ2) is 14.8. The monoisotopic (exact) mass is 730 g/mol. The maximum Gasteiger partial charge on any atom is 0.137 e. The molecule has 0 aliphatic carbocycles. The molecule has 3 heterocycles. The van der Waals surface area contributed by atoms with Crippen molar-refractivity contribution in [2.75, 3.05) is 0 Å². The Labute approximate surface area is 307 Å². The van der Waals surface area contributed by atoms with Crippen LogP contribution in [-0.2, 0) is 37.8 Å². The molecular weight excluding hydrogens is 692 g/mol. The summed E-state index contributed by atoms with van der Waals surface area (Å²) in [6.45, 7) is 0.813. The first-order valence-corrected chi connectivity index (χ1v) is 18.4. The van der Waals surface area contributed by atoms with Gasteiger partial charge in [0, 0.05) is 47.2 Å². The maximum atomic E-state index is 5.01. The first-order chi connectivity index (χ1) is 25.2. The van der Waals surface area contributed by atoms with Gasteiger partial charge in [-0.1, -0.05) is 137 Å². The van der Waals surface area contributed by atoms with E-state index in [2.05, 4.69) is 182 Å². The van der Waals surface area contributed by atoms with Crippen molar-refractivity contribution in [1.29, 1.82) is 0 Å². The van der Waals surface area contributed by atoms with Crippen molar-refractivity contribution in [3.8, 4) is 0 Å². The van der Waals surface area contributed by atoms with Crippen LogP contribution < -0.4 is 0 Å². The third-order valence-corrected chi connectivity index (χ3v) is 10.4. The quantitative estimate of drug-likeness (QED) is 0.120. The third kappa shape index (κ3) is 6.69. The Morgan fingerprint density at radius 2 is 1.29 bits per heavy atom. The minimum Gasteiger partial charge on any atom is -0.361 e. The molecule has 6 nitrogen and oxygen atoms in total. The molecule has 0 aliphatic heterocycles. The van der Waals surface area contributed by atoms with E-state index in [1.54, 1.807) is 0 Å². The summed E-state index contributed by atoms with van der Waals surface area (Å²) in [5.74, 6) is 2.01. The summed E-state index contributed by atoms with van der Waals surface area (Å²) in [6.07, 6.45) is 10.5. The van der Waals surface area contributed by atoms with Gasteiger partial charge in [-0.25, -0.2) is 4.98 Å². The van der Waals surface area contributed by atoms with Gasteiger partial charge in [0.1, 0.15) is 17.2 Å². The van der Waals surface area contributed by atoms with E-state index in [0.29, 0.717) is 0 Å². The number of rotatable bonds is 13. The van der Waals surface area contributed by atoms with Crippen LogP contribution in [0.2, 0.25) is 0 Å². The fourth-order valence-electron chi connectivity index (χ4n) is 7.44. The Bertz CT molecular complexity index is 2240. The standard InChI is InChI=1S/C44H39BrN6/c45-38-21-12-14-33(28-38)29-43-49-48-42(26-25-34-30-46-41-24-11-10-23-40(34)41)51(43)27-13-22-39-31-50(32-47-39)44(35-15-4-1-5-16-35,36-17-6-2-7-18-36)37-19-8-3-9-20-37/h1-12,14-21,23-24,28,30-32,46H,13,22,25-27,29H2. The Balaban J connectivity index is 1.08. The van der Waals surface area contributed by atoms with Gasteiger partial charge in [0.25, 0.3) is 0 Å². The van der Waals surface area contributed by atoms with Gasteiger partial charge in [0.2, 0.25) is 0 Å². The van der Waals surface area contributed by atoms with Crippen molar-refractivity contribution in [3.63, 3.8) is 0 Å². The molecule has 0 aliphatic rings. The molecular formula is C44H39BrN6. The summed E-state index contributed by atoms with van der Waals surface area (Å²) in [4.78, 5) is 8.43. The first-order valence-electron chi connectivity index (χ1n) is 17.6. The van der Waals surface area contributed by atoms with Crippen molar-refractivity contribution in [1.82, 2.24) is 29.3 Å². The molecule has 0 radical (unpaired) electrons. The number of halogens is 1. The van der Waals surface area contributed by atoms with Crippen molar-refractivity contribution in [2.45, 2.75) is 44.2 Å². The van der Waals surface area contributed by atoms with Gasteiger partial charge in [-0.3, -0.25) is 0 Å². The van der Waals surface area contributed by atoms with Crippen molar-refractivity contribution in [3.05, 3.63) is 208 Å². The second-order valence-electron chi connectivity index (χ2n) is 13.0. The lowest BCUT2D eigenvalue weighted by molar-refractivity contribution is 0.513. The number of imidazole rings is 1. The van der Waals surface area contributed by atoms with Crippen LogP contribution >= 0.6 is 15.9 Å². The zero-order chi connectivity index (χ0) is 34.5. The van der Waals surface area contributed by atoms with Gasteiger partial charge >= 0.3 is 0 Å². The number of aromatic amines is 1. The SMILES string of the molecule is Brc1cccc(Cc2nnc(CCc3c[nH]c4ccccc34)n2CCCc2cn(C(c3ccccc3)(c3ccccc3)c3ccccc3)cn2)c1. The van der Waals surface area contributed by atoms with Crippen molar-refractivity contribution < 1.29 is 0 Å². The summed E-state index contributed by atoms with van der Waals surface area (Å²) in [5, 5.41) is 10.8. The van der Waals surface area contributed by atoms with E-state index in [9.17, 15) is 0 Å². The number of nitrogens with one attached hydrogen (secondary N) is 1. The topological polar surface area (TPSA) is 64.3 Å². The van der Waals surface area contributed by atoms with Crippen molar-refractivity contribution >= 4 is 26.8 Å². The number of benzene rings is 5. The Kier molecular flexibility index (Phi) is 9.45. The molecule has 5 aromatic carbocycles. The molecule has 0 amide bonds. The van der Waals surface area contributed by atoms with Gasteiger partial charge in [0.15, 0.2) is 0 Å². The van der Waals surface area contributed by atoms with Crippen LogP contribution in [0.1, 0.15) is 51.6 Å². The largest absolute Gasteiger partial charge is 0.361 e. The predicted octanol–water partition coefficient (Wildman–Crippen LogP) is 9.57. The number of aromatic nitrogens is 6. The van der Waals surface area contributed by atoms with E-state index in [0.717, 1.165) is 60.5 Å². The van der Waals surface area contributed by atoms with E-state index < -0.39 is 5.54 Å². The van der Waals surface area contributed by atoms with Crippen LogP contribution in [0.4, 0.5) is 0 Å². The van der Waals surface area contributed by atoms with Crippen LogP contribution in [-0.4, -0.2) is 29.3 Å². The highest BCUT2D eigenvalue weighted by Gasteiger charge is 2.38. The predicted molar refractivity (Wildman–Crippen MR) is 208 cm³/mol. The van der Waals surface area contributed by atoms with Crippen LogP contribution in [0.15, 0.2) is 163 Å². The lowest BCUT2D eigenvalue weighted by atomic mass is 9.77. The Morgan fingerprint density at radius 1 is 0.647 bits per heavy atom. The van der Waals surface area contributed by atoms with Gasteiger partial charge in [-0.15, -0.1) is 10.2 Å². The fourth-order valence-corrected chi connectivity index (χ4v) is 7.89. The molecule has 0 fully saturated rings. The summed E-state index contributed by atoms with van der Waals surface area (Å²) >= 11 is 3.64. The smallest absolute Gasteiger partial charge is 0.137 e. The highest BCUT2D eigenvalue weighted by molar-refractivity contribution is 9.10. The third-order valence-electron chi connectivity index (χ3n) is 9.86. The van der Waals surface area contributed by atoms with Gasteiger partial charge in [-0.05, 0) is 65.3 Å². The average Bonchev–Trinajstić information content (AvgIpc) is 3.92. The summed E-state index contributed by atoms with van der Waals surface area (Å²) in [5.41, 5.74) is 7.73. The molecule has 0 atom stereocenters. The molecule has 51 heavy (non-hydrogen) atoms. The lowest BCUT2D eigenvalue weighted by Gasteiger charge is -2.37. The summed E-state index contributed by atoms with van der Waals surface area (Å²) in [7, 11) is 0. The normalized spacial score (nSPS) is 11.7. The minimum absolute atomic E-state index is 0.573. The van der Waals surface area contributed by atoms with Crippen LogP contribution in [0.25, 0.3) is 10.9 Å². The Hall–Kier alpha value is -5.53. The highest BCUT2D eigenvalue weighted by atomic mass is 79.9. The number of H-pyrrole nitrogens is 1.